The standard InChI is InChI=1S/C15H14O5/c1-20-15-6-9(3-5-12(15)17)2-4-11-13(18)7-10(16)8-14(11)19/h2-8,16-19H,1H3/b4-2+. The number of rotatable bonds is 3. The second-order valence-corrected chi connectivity index (χ2v) is 4.16. The van der Waals surface area contributed by atoms with Gasteiger partial charge in [0.1, 0.15) is 17.2 Å². The summed E-state index contributed by atoms with van der Waals surface area (Å²) in [6.45, 7) is 0. The van der Waals surface area contributed by atoms with E-state index in [0.717, 1.165) is 12.1 Å². The van der Waals surface area contributed by atoms with Crippen LogP contribution >= 0.6 is 0 Å². The van der Waals surface area contributed by atoms with Gasteiger partial charge < -0.3 is 25.2 Å². The predicted octanol–water partition coefficient (Wildman–Crippen LogP) is 2.69. The van der Waals surface area contributed by atoms with Gasteiger partial charge in [-0.05, 0) is 23.8 Å². The first-order valence-corrected chi connectivity index (χ1v) is 5.81. The molecule has 4 N–H and O–H groups in total. The van der Waals surface area contributed by atoms with Crippen LogP contribution in [0.15, 0.2) is 30.3 Å². The van der Waals surface area contributed by atoms with E-state index >= 15 is 0 Å². The lowest BCUT2D eigenvalue weighted by Crippen LogP contribution is -1.84. The van der Waals surface area contributed by atoms with E-state index in [9.17, 15) is 20.4 Å². The van der Waals surface area contributed by atoms with Crippen LogP contribution in [0.25, 0.3) is 12.2 Å². The molecule has 0 heterocycles. The van der Waals surface area contributed by atoms with Gasteiger partial charge in [0.15, 0.2) is 11.5 Å². The van der Waals surface area contributed by atoms with Crippen LogP contribution in [0, 0.1) is 0 Å². The molecule has 5 heteroatoms. The number of ether oxygens (including phenoxy) is 1. The summed E-state index contributed by atoms with van der Waals surface area (Å²) in [6, 6.07) is 7.02. The molecule has 0 amide bonds. The van der Waals surface area contributed by atoms with E-state index in [2.05, 4.69) is 0 Å². The first kappa shape index (κ1) is 13.6. The number of phenolic OH excluding ortho intramolecular Hbond substituents is 4. The summed E-state index contributed by atoms with van der Waals surface area (Å²) in [5.41, 5.74) is 0.904. The van der Waals surface area contributed by atoms with E-state index in [1.807, 2.05) is 0 Å². The van der Waals surface area contributed by atoms with Crippen molar-refractivity contribution in [1.29, 1.82) is 0 Å². The fourth-order valence-corrected chi connectivity index (χ4v) is 1.76. The van der Waals surface area contributed by atoms with Crippen LogP contribution in [0.5, 0.6) is 28.7 Å². The summed E-state index contributed by atoms with van der Waals surface area (Å²) in [7, 11) is 1.44. The van der Waals surface area contributed by atoms with Gasteiger partial charge in [-0.25, -0.2) is 0 Å². The lowest BCUT2D eigenvalue weighted by molar-refractivity contribution is 0.373. The average Bonchev–Trinajstić information content (AvgIpc) is 2.39. The van der Waals surface area contributed by atoms with Crippen LogP contribution in [0.4, 0.5) is 0 Å². The average molecular weight is 274 g/mol. The highest BCUT2D eigenvalue weighted by atomic mass is 16.5. The highest BCUT2D eigenvalue weighted by Crippen LogP contribution is 2.34. The SMILES string of the molecule is COc1cc(/C=C/c2c(O)cc(O)cc2O)ccc1O. The number of hydrogen-bond acceptors (Lipinski definition) is 5. The molecule has 5 nitrogen and oxygen atoms in total. The van der Waals surface area contributed by atoms with Crippen molar-refractivity contribution < 1.29 is 25.2 Å². The molecule has 0 aromatic heterocycles. The van der Waals surface area contributed by atoms with Crippen LogP contribution in [0.1, 0.15) is 11.1 Å². The van der Waals surface area contributed by atoms with Crippen molar-refractivity contribution in [3.8, 4) is 28.7 Å². The number of aromatic hydroxyl groups is 4. The predicted molar refractivity (Wildman–Crippen MR) is 75.0 cm³/mol. The molecule has 0 aliphatic heterocycles. The minimum absolute atomic E-state index is 0.0278. The molecule has 0 unspecified atom stereocenters. The largest absolute Gasteiger partial charge is 0.508 e. The van der Waals surface area contributed by atoms with Gasteiger partial charge >= 0.3 is 0 Å². The molecular formula is C15H14O5. The van der Waals surface area contributed by atoms with Crippen LogP contribution < -0.4 is 4.74 Å². The highest BCUT2D eigenvalue weighted by molar-refractivity contribution is 5.77. The van der Waals surface area contributed by atoms with E-state index in [0.29, 0.717) is 11.3 Å². The lowest BCUT2D eigenvalue weighted by atomic mass is 10.1. The minimum Gasteiger partial charge on any atom is -0.508 e. The zero-order valence-corrected chi connectivity index (χ0v) is 10.7. The summed E-state index contributed by atoms with van der Waals surface area (Å²) < 4.78 is 4.99. The molecule has 2 aromatic carbocycles. The number of methoxy groups -OCH3 is 1. The third kappa shape index (κ3) is 2.77. The summed E-state index contributed by atoms with van der Waals surface area (Å²) in [5, 5.41) is 38.0. The molecule has 0 saturated heterocycles. The van der Waals surface area contributed by atoms with Crippen molar-refractivity contribution in [2.75, 3.05) is 7.11 Å². The normalized spacial score (nSPS) is 10.8. The second-order valence-electron chi connectivity index (χ2n) is 4.16. The maximum absolute atomic E-state index is 9.66. The molecular weight excluding hydrogens is 260 g/mol. The monoisotopic (exact) mass is 274 g/mol. The Kier molecular flexibility index (Phi) is 3.70. The molecule has 104 valence electrons. The molecule has 2 aromatic rings. The smallest absolute Gasteiger partial charge is 0.161 e. The van der Waals surface area contributed by atoms with Gasteiger partial charge in [0.2, 0.25) is 0 Å². The minimum atomic E-state index is -0.232. The zero-order chi connectivity index (χ0) is 14.7. The molecule has 0 aliphatic rings. The van der Waals surface area contributed by atoms with E-state index in [-0.39, 0.29) is 28.6 Å². The fourth-order valence-electron chi connectivity index (χ4n) is 1.76. The van der Waals surface area contributed by atoms with Crippen molar-refractivity contribution in [3.63, 3.8) is 0 Å². The summed E-state index contributed by atoms with van der Waals surface area (Å²) in [6.07, 6.45) is 3.13. The Hall–Kier alpha value is -2.82. The van der Waals surface area contributed by atoms with E-state index in [1.165, 1.54) is 19.3 Å². The molecule has 0 saturated carbocycles. The maximum atomic E-state index is 9.66. The Balaban J connectivity index is 2.35. The zero-order valence-electron chi connectivity index (χ0n) is 10.7. The first-order valence-electron chi connectivity index (χ1n) is 5.81. The van der Waals surface area contributed by atoms with Gasteiger partial charge in [-0.3, -0.25) is 0 Å². The lowest BCUT2D eigenvalue weighted by Gasteiger charge is -2.05. The van der Waals surface area contributed by atoms with Crippen molar-refractivity contribution in [2.45, 2.75) is 0 Å². The van der Waals surface area contributed by atoms with Crippen LogP contribution in [-0.2, 0) is 0 Å². The van der Waals surface area contributed by atoms with Crippen LogP contribution in [-0.4, -0.2) is 27.5 Å². The number of benzene rings is 2. The van der Waals surface area contributed by atoms with Crippen LogP contribution in [0.3, 0.4) is 0 Å². The van der Waals surface area contributed by atoms with Gasteiger partial charge in [0.25, 0.3) is 0 Å². The van der Waals surface area contributed by atoms with Gasteiger partial charge in [0.05, 0.1) is 12.7 Å². The van der Waals surface area contributed by atoms with Gasteiger partial charge in [-0.2, -0.15) is 0 Å². The Morgan fingerprint density at radius 3 is 2.10 bits per heavy atom. The Morgan fingerprint density at radius 1 is 0.850 bits per heavy atom. The molecule has 0 fully saturated rings. The van der Waals surface area contributed by atoms with E-state index < -0.39 is 0 Å². The number of phenols is 4. The second kappa shape index (κ2) is 5.44. The van der Waals surface area contributed by atoms with Gasteiger partial charge in [0, 0.05) is 12.1 Å². The van der Waals surface area contributed by atoms with E-state index in [4.69, 9.17) is 4.74 Å². The summed E-state index contributed by atoms with van der Waals surface area (Å²) >= 11 is 0. The Morgan fingerprint density at radius 2 is 1.50 bits per heavy atom. The quantitative estimate of drug-likeness (QED) is 0.646. The molecule has 2 rings (SSSR count). The molecule has 20 heavy (non-hydrogen) atoms. The molecule has 0 bridgehead atoms. The Labute approximate surface area is 115 Å². The molecule has 0 atom stereocenters. The molecule has 0 radical (unpaired) electrons. The summed E-state index contributed by atoms with van der Waals surface area (Å²) in [4.78, 5) is 0. The Bertz CT molecular complexity index is 638. The fraction of sp³-hybridized carbons (Fsp3) is 0.0667. The van der Waals surface area contributed by atoms with E-state index in [1.54, 1.807) is 18.2 Å². The molecule has 0 spiro atoms. The third-order valence-electron chi connectivity index (χ3n) is 2.77. The maximum Gasteiger partial charge on any atom is 0.161 e. The van der Waals surface area contributed by atoms with Crippen molar-refractivity contribution in [1.82, 2.24) is 0 Å². The topological polar surface area (TPSA) is 90.2 Å². The van der Waals surface area contributed by atoms with Crippen LogP contribution in [0.2, 0.25) is 0 Å². The first-order chi connectivity index (χ1) is 9.51. The van der Waals surface area contributed by atoms with Crippen molar-refractivity contribution >= 4 is 12.2 Å². The summed E-state index contributed by atoms with van der Waals surface area (Å²) in [5.74, 6) is -0.330. The van der Waals surface area contributed by atoms with Crippen molar-refractivity contribution in [2.24, 2.45) is 0 Å². The highest BCUT2D eigenvalue weighted by Gasteiger charge is 2.07. The third-order valence-corrected chi connectivity index (χ3v) is 2.77. The number of hydrogen-bond donors (Lipinski definition) is 4. The van der Waals surface area contributed by atoms with Gasteiger partial charge in [-0.15, -0.1) is 0 Å². The molecule has 0 aliphatic carbocycles. The van der Waals surface area contributed by atoms with Gasteiger partial charge in [-0.1, -0.05) is 12.1 Å². The van der Waals surface area contributed by atoms with Crippen molar-refractivity contribution in [3.05, 3.63) is 41.5 Å².